The molecule has 3 nitrogen and oxygen atoms in total. The number of carbonyl (C=O) groups is 1. The summed E-state index contributed by atoms with van der Waals surface area (Å²) in [5, 5.41) is 0. The Balaban J connectivity index is 2.36. The first kappa shape index (κ1) is 13.0. The molecule has 18 heavy (non-hydrogen) atoms. The lowest BCUT2D eigenvalue weighted by Gasteiger charge is -2.40. The average molecular weight is 254 g/mol. The van der Waals surface area contributed by atoms with Gasteiger partial charge in [-0.05, 0) is 26.1 Å². The van der Waals surface area contributed by atoms with E-state index in [4.69, 9.17) is 0 Å². The maximum absolute atomic E-state index is 13.9. The normalized spacial score (nSPS) is 21.1. The summed E-state index contributed by atoms with van der Waals surface area (Å²) < 4.78 is 27.8. The minimum atomic E-state index is -0.673. The third-order valence-corrected chi connectivity index (χ3v) is 3.29. The second-order valence-corrected chi connectivity index (χ2v) is 4.76. The van der Waals surface area contributed by atoms with Gasteiger partial charge in [-0.15, -0.1) is 0 Å². The van der Waals surface area contributed by atoms with E-state index in [1.54, 1.807) is 4.90 Å². The SMILES string of the molecule is CC1CN(C)CCN1c1c(F)cc(C=O)cc1F. The van der Waals surface area contributed by atoms with Crippen LogP contribution in [0.15, 0.2) is 12.1 Å². The predicted molar refractivity (Wildman–Crippen MR) is 66.1 cm³/mol. The van der Waals surface area contributed by atoms with Gasteiger partial charge in [0.15, 0.2) is 0 Å². The molecule has 1 aromatic rings. The van der Waals surface area contributed by atoms with Crippen LogP contribution in [0.3, 0.4) is 0 Å². The van der Waals surface area contributed by atoms with Gasteiger partial charge in [-0.1, -0.05) is 0 Å². The number of hydrogen-bond donors (Lipinski definition) is 0. The van der Waals surface area contributed by atoms with Gasteiger partial charge < -0.3 is 9.80 Å². The van der Waals surface area contributed by atoms with E-state index in [0.717, 1.165) is 25.2 Å². The van der Waals surface area contributed by atoms with E-state index in [-0.39, 0.29) is 17.3 Å². The molecule has 1 fully saturated rings. The molecule has 0 aromatic heterocycles. The number of rotatable bonds is 2. The van der Waals surface area contributed by atoms with Gasteiger partial charge >= 0.3 is 0 Å². The maximum Gasteiger partial charge on any atom is 0.150 e. The summed E-state index contributed by atoms with van der Waals surface area (Å²) >= 11 is 0. The number of nitrogens with zero attached hydrogens (tertiary/aromatic N) is 2. The van der Waals surface area contributed by atoms with Crippen molar-refractivity contribution in [2.45, 2.75) is 13.0 Å². The van der Waals surface area contributed by atoms with Crippen molar-refractivity contribution in [1.29, 1.82) is 0 Å². The summed E-state index contributed by atoms with van der Waals surface area (Å²) in [6, 6.07) is 2.20. The van der Waals surface area contributed by atoms with Gasteiger partial charge in [0.05, 0.1) is 0 Å². The Morgan fingerprint density at radius 1 is 1.28 bits per heavy atom. The maximum atomic E-state index is 13.9. The number of anilines is 1. The predicted octanol–water partition coefficient (Wildman–Crippen LogP) is 1.92. The van der Waals surface area contributed by atoms with Crippen molar-refractivity contribution in [3.8, 4) is 0 Å². The number of hydrogen-bond acceptors (Lipinski definition) is 3. The highest BCUT2D eigenvalue weighted by Gasteiger charge is 2.26. The highest BCUT2D eigenvalue weighted by Crippen LogP contribution is 2.27. The zero-order chi connectivity index (χ0) is 13.3. The minimum Gasteiger partial charge on any atom is -0.362 e. The molecular weight excluding hydrogens is 238 g/mol. The summed E-state index contributed by atoms with van der Waals surface area (Å²) in [6.45, 7) is 4.03. The summed E-state index contributed by atoms with van der Waals surface area (Å²) in [5.74, 6) is -1.35. The molecule has 0 radical (unpaired) electrons. The standard InChI is InChI=1S/C13H16F2N2O/c1-9-7-16(2)3-4-17(9)13-11(14)5-10(8-18)6-12(13)15/h5-6,8-9H,3-4,7H2,1-2H3. The van der Waals surface area contributed by atoms with Crippen LogP contribution in [0.4, 0.5) is 14.5 Å². The largest absolute Gasteiger partial charge is 0.362 e. The van der Waals surface area contributed by atoms with Gasteiger partial charge in [-0.2, -0.15) is 0 Å². The van der Waals surface area contributed by atoms with Gasteiger partial charge in [-0.25, -0.2) is 8.78 Å². The Bertz CT molecular complexity index is 441. The van der Waals surface area contributed by atoms with Gasteiger partial charge in [0.1, 0.15) is 23.6 Å². The van der Waals surface area contributed by atoms with Gasteiger partial charge in [0.2, 0.25) is 0 Å². The zero-order valence-corrected chi connectivity index (χ0v) is 10.5. The van der Waals surface area contributed by atoms with Crippen LogP contribution >= 0.6 is 0 Å². The lowest BCUT2D eigenvalue weighted by Crippen LogP contribution is -2.51. The van der Waals surface area contributed by atoms with Crippen LogP contribution in [0.5, 0.6) is 0 Å². The number of benzene rings is 1. The van der Waals surface area contributed by atoms with Crippen LogP contribution in [-0.2, 0) is 0 Å². The highest BCUT2D eigenvalue weighted by atomic mass is 19.1. The molecule has 0 aliphatic carbocycles. The number of likely N-dealkylation sites (N-methyl/N-ethyl adjacent to an activating group) is 1. The molecule has 2 rings (SSSR count). The van der Waals surface area contributed by atoms with Crippen molar-refractivity contribution in [3.05, 3.63) is 29.3 Å². The second-order valence-electron chi connectivity index (χ2n) is 4.76. The van der Waals surface area contributed by atoms with Crippen LogP contribution in [0.2, 0.25) is 0 Å². The van der Waals surface area contributed by atoms with Gasteiger partial charge in [0, 0.05) is 31.2 Å². The summed E-state index contributed by atoms with van der Waals surface area (Å²) in [4.78, 5) is 14.4. The molecule has 1 saturated heterocycles. The van der Waals surface area contributed by atoms with E-state index < -0.39 is 11.6 Å². The molecule has 5 heteroatoms. The quantitative estimate of drug-likeness (QED) is 0.753. The van der Waals surface area contributed by atoms with Crippen LogP contribution in [0.25, 0.3) is 0 Å². The van der Waals surface area contributed by atoms with E-state index in [9.17, 15) is 13.6 Å². The summed E-state index contributed by atoms with van der Waals surface area (Å²) in [6.07, 6.45) is 0.448. The van der Waals surface area contributed by atoms with Gasteiger partial charge in [0.25, 0.3) is 0 Å². The lowest BCUT2D eigenvalue weighted by molar-refractivity contribution is 0.112. The molecular formula is C13H16F2N2O. The van der Waals surface area contributed by atoms with Crippen molar-refractivity contribution in [2.24, 2.45) is 0 Å². The Morgan fingerprint density at radius 2 is 1.89 bits per heavy atom. The number of carbonyl (C=O) groups excluding carboxylic acids is 1. The van der Waals surface area contributed by atoms with Crippen molar-refractivity contribution in [3.63, 3.8) is 0 Å². The topological polar surface area (TPSA) is 23.6 Å². The third kappa shape index (κ3) is 2.36. The fraction of sp³-hybridized carbons (Fsp3) is 0.462. The zero-order valence-electron chi connectivity index (χ0n) is 10.5. The molecule has 0 amide bonds. The molecule has 1 aliphatic heterocycles. The van der Waals surface area contributed by atoms with E-state index in [1.165, 1.54) is 0 Å². The average Bonchev–Trinajstić information content (AvgIpc) is 2.30. The van der Waals surface area contributed by atoms with Crippen LogP contribution in [-0.4, -0.2) is 43.9 Å². The van der Waals surface area contributed by atoms with Gasteiger partial charge in [-0.3, -0.25) is 4.79 Å². The molecule has 1 aliphatic rings. The van der Waals surface area contributed by atoms with E-state index in [0.29, 0.717) is 12.8 Å². The Hall–Kier alpha value is -1.49. The molecule has 98 valence electrons. The number of aldehydes is 1. The van der Waals surface area contributed by atoms with Crippen molar-refractivity contribution in [2.75, 3.05) is 31.6 Å². The molecule has 1 aromatic carbocycles. The van der Waals surface area contributed by atoms with Crippen molar-refractivity contribution >= 4 is 12.0 Å². The first-order chi connectivity index (χ1) is 8.52. The molecule has 1 unspecified atom stereocenters. The monoisotopic (exact) mass is 254 g/mol. The van der Waals surface area contributed by atoms with E-state index in [1.807, 2.05) is 14.0 Å². The molecule has 1 atom stereocenters. The Labute approximate surface area is 105 Å². The van der Waals surface area contributed by atoms with E-state index in [2.05, 4.69) is 4.90 Å². The molecule has 0 saturated carbocycles. The molecule has 1 heterocycles. The molecule has 0 N–H and O–H groups in total. The van der Waals surface area contributed by atoms with Crippen molar-refractivity contribution < 1.29 is 13.6 Å². The minimum absolute atomic E-state index is 0.0236. The fourth-order valence-corrected chi connectivity index (χ4v) is 2.40. The lowest BCUT2D eigenvalue weighted by atomic mass is 10.1. The molecule has 0 bridgehead atoms. The summed E-state index contributed by atoms with van der Waals surface area (Å²) in [7, 11) is 1.98. The van der Waals surface area contributed by atoms with Crippen molar-refractivity contribution in [1.82, 2.24) is 4.90 Å². The van der Waals surface area contributed by atoms with Crippen LogP contribution in [0.1, 0.15) is 17.3 Å². The Kier molecular flexibility index (Phi) is 3.61. The number of piperazine rings is 1. The first-order valence-electron chi connectivity index (χ1n) is 5.92. The van der Waals surface area contributed by atoms with Crippen LogP contribution < -0.4 is 4.90 Å². The smallest absolute Gasteiger partial charge is 0.150 e. The first-order valence-corrected chi connectivity index (χ1v) is 5.92. The summed E-state index contributed by atoms with van der Waals surface area (Å²) in [5.41, 5.74) is -0.00303. The third-order valence-electron chi connectivity index (χ3n) is 3.29. The Morgan fingerprint density at radius 3 is 2.39 bits per heavy atom. The molecule has 0 spiro atoms. The fourth-order valence-electron chi connectivity index (χ4n) is 2.40. The van der Waals surface area contributed by atoms with E-state index >= 15 is 0 Å². The highest BCUT2D eigenvalue weighted by molar-refractivity contribution is 5.76. The van der Waals surface area contributed by atoms with Crippen LogP contribution in [0, 0.1) is 11.6 Å². The second kappa shape index (κ2) is 5.02. The number of halogens is 2.